The predicted molar refractivity (Wildman–Crippen MR) is 67.1 cm³/mol. The third kappa shape index (κ3) is 3.54. The van der Waals surface area contributed by atoms with Crippen molar-refractivity contribution in [3.05, 3.63) is 12.0 Å². The molecule has 0 saturated carbocycles. The van der Waals surface area contributed by atoms with Crippen LogP contribution >= 0.6 is 0 Å². The Hall–Kier alpha value is -0.880. The first-order chi connectivity index (χ1) is 7.65. The van der Waals surface area contributed by atoms with Gasteiger partial charge in [0.05, 0.1) is 6.20 Å². The van der Waals surface area contributed by atoms with E-state index in [1.165, 1.54) is 6.20 Å². The Morgan fingerprint density at radius 3 is 2.47 bits per heavy atom. The lowest BCUT2D eigenvalue weighted by molar-refractivity contribution is 0.252. The summed E-state index contributed by atoms with van der Waals surface area (Å²) in [6, 6.07) is 0. The molecule has 0 radical (unpaired) electrons. The molecule has 2 N–H and O–H groups in total. The molecule has 5 nitrogen and oxygen atoms in total. The summed E-state index contributed by atoms with van der Waals surface area (Å²) in [5.74, 6) is 0.988. The van der Waals surface area contributed by atoms with Gasteiger partial charge in [-0.2, -0.15) is 0 Å². The molecule has 0 aliphatic heterocycles. The fourth-order valence-electron chi connectivity index (χ4n) is 1.10. The Morgan fingerprint density at radius 1 is 1.47 bits per heavy atom. The van der Waals surface area contributed by atoms with Crippen LogP contribution in [0.25, 0.3) is 0 Å². The number of aromatic nitrogens is 2. The maximum Gasteiger partial charge on any atom is 0.257 e. The molecule has 6 heteroatoms. The average molecular weight is 259 g/mol. The number of imidazole rings is 1. The first-order valence-corrected chi connectivity index (χ1v) is 7.15. The van der Waals surface area contributed by atoms with Gasteiger partial charge >= 0.3 is 0 Å². The number of sulfonamides is 1. The van der Waals surface area contributed by atoms with Crippen molar-refractivity contribution in [2.24, 2.45) is 11.3 Å². The molecular weight excluding hydrogens is 238 g/mol. The molecule has 0 aromatic carbocycles. The van der Waals surface area contributed by atoms with Gasteiger partial charge in [-0.3, -0.25) is 0 Å². The van der Waals surface area contributed by atoms with E-state index in [2.05, 4.69) is 28.5 Å². The van der Waals surface area contributed by atoms with E-state index >= 15 is 0 Å². The van der Waals surface area contributed by atoms with E-state index in [9.17, 15) is 8.42 Å². The minimum absolute atomic E-state index is 0.0812. The van der Waals surface area contributed by atoms with Gasteiger partial charge in [0.2, 0.25) is 0 Å². The fourth-order valence-corrected chi connectivity index (χ4v) is 2.29. The SMILES string of the molecule is Cc1ncc(S(=O)(=O)NCC(C)(C)C(C)C)[nH]1. The lowest BCUT2D eigenvalue weighted by Crippen LogP contribution is -2.37. The number of aromatic amines is 1. The van der Waals surface area contributed by atoms with Gasteiger partial charge in [-0.05, 0) is 18.3 Å². The van der Waals surface area contributed by atoms with E-state index in [0.29, 0.717) is 18.3 Å². The van der Waals surface area contributed by atoms with Crippen molar-refractivity contribution < 1.29 is 8.42 Å². The van der Waals surface area contributed by atoms with Gasteiger partial charge in [-0.1, -0.05) is 27.7 Å². The highest BCUT2D eigenvalue weighted by Crippen LogP contribution is 2.25. The summed E-state index contributed by atoms with van der Waals surface area (Å²) in [7, 11) is -3.47. The number of nitrogens with one attached hydrogen (secondary N) is 2. The maximum atomic E-state index is 11.9. The van der Waals surface area contributed by atoms with Crippen LogP contribution < -0.4 is 4.72 Å². The van der Waals surface area contributed by atoms with Crippen LogP contribution in [0.15, 0.2) is 11.2 Å². The molecule has 0 unspecified atom stereocenters. The van der Waals surface area contributed by atoms with Crippen LogP contribution in [0, 0.1) is 18.3 Å². The van der Waals surface area contributed by atoms with Crippen LogP contribution in [-0.2, 0) is 10.0 Å². The van der Waals surface area contributed by atoms with Crippen LogP contribution in [0.1, 0.15) is 33.5 Å². The zero-order valence-electron chi connectivity index (χ0n) is 11.0. The van der Waals surface area contributed by atoms with Gasteiger partial charge < -0.3 is 4.98 Å². The largest absolute Gasteiger partial charge is 0.332 e. The van der Waals surface area contributed by atoms with Gasteiger partial charge in [0.25, 0.3) is 10.0 Å². The number of hydrogen-bond acceptors (Lipinski definition) is 3. The molecule has 1 aromatic rings. The summed E-state index contributed by atoms with van der Waals surface area (Å²) in [6.07, 6.45) is 1.33. The molecule has 0 bridgehead atoms. The predicted octanol–water partition coefficient (Wildman–Crippen LogP) is 1.68. The smallest absolute Gasteiger partial charge is 0.257 e. The molecule has 1 rings (SSSR count). The zero-order valence-corrected chi connectivity index (χ0v) is 11.9. The second kappa shape index (κ2) is 4.78. The second-order valence-corrected chi connectivity index (χ2v) is 7.04. The summed E-state index contributed by atoms with van der Waals surface area (Å²) in [6.45, 7) is 10.4. The number of nitrogens with zero attached hydrogens (tertiary/aromatic N) is 1. The lowest BCUT2D eigenvalue weighted by Gasteiger charge is -2.29. The Morgan fingerprint density at radius 2 is 2.06 bits per heavy atom. The number of H-pyrrole nitrogens is 1. The van der Waals surface area contributed by atoms with Crippen LogP contribution in [0.5, 0.6) is 0 Å². The molecule has 0 aliphatic carbocycles. The number of aryl methyl sites for hydroxylation is 1. The van der Waals surface area contributed by atoms with E-state index < -0.39 is 10.0 Å². The van der Waals surface area contributed by atoms with Gasteiger partial charge in [0.15, 0.2) is 5.03 Å². The van der Waals surface area contributed by atoms with E-state index in [-0.39, 0.29) is 10.4 Å². The number of hydrogen-bond donors (Lipinski definition) is 2. The summed E-state index contributed by atoms with van der Waals surface area (Å²) in [5, 5.41) is 0.120. The van der Waals surface area contributed by atoms with Crippen molar-refractivity contribution in [3.8, 4) is 0 Å². The minimum atomic E-state index is -3.47. The van der Waals surface area contributed by atoms with Crippen LogP contribution in [-0.4, -0.2) is 24.9 Å². The van der Waals surface area contributed by atoms with Gasteiger partial charge in [-0.15, -0.1) is 0 Å². The summed E-state index contributed by atoms with van der Waals surface area (Å²) >= 11 is 0. The van der Waals surface area contributed by atoms with Crippen molar-refractivity contribution >= 4 is 10.0 Å². The summed E-state index contributed by atoms with van der Waals surface area (Å²) in [4.78, 5) is 6.61. The molecule has 17 heavy (non-hydrogen) atoms. The van der Waals surface area contributed by atoms with Crippen molar-refractivity contribution in [3.63, 3.8) is 0 Å². The minimum Gasteiger partial charge on any atom is -0.332 e. The Labute approximate surface area is 103 Å². The standard InChI is InChI=1S/C11H21N3O2S/c1-8(2)11(4,5)7-13-17(15,16)10-6-12-9(3)14-10/h6,8,13H,7H2,1-5H3,(H,12,14). The van der Waals surface area contributed by atoms with Crippen LogP contribution in [0.3, 0.4) is 0 Å². The maximum absolute atomic E-state index is 11.9. The fraction of sp³-hybridized carbons (Fsp3) is 0.727. The summed E-state index contributed by atoms with van der Waals surface area (Å²) in [5.41, 5.74) is -0.0812. The highest BCUT2D eigenvalue weighted by molar-refractivity contribution is 7.89. The van der Waals surface area contributed by atoms with Gasteiger partial charge in [0, 0.05) is 6.54 Å². The monoisotopic (exact) mass is 259 g/mol. The van der Waals surface area contributed by atoms with E-state index in [0.717, 1.165) is 0 Å². The van der Waals surface area contributed by atoms with E-state index in [1.807, 2.05) is 13.8 Å². The molecule has 0 atom stereocenters. The molecule has 1 heterocycles. The van der Waals surface area contributed by atoms with Gasteiger partial charge in [0.1, 0.15) is 5.82 Å². The molecule has 0 fully saturated rings. The van der Waals surface area contributed by atoms with Crippen molar-refractivity contribution in [1.82, 2.24) is 14.7 Å². The Kier molecular flexibility index (Phi) is 3.99. The van der Waals surface area contributed by atoms with Gasteiger partial charge in [-0.25, -0.2) is 18.1 Å². The molecule has 0 amide bonds. The van der Waals surface area contributed by atoms with E-state index in [4.69, 9.17) is 0 Å². The average Bonchev–Trinajstić information content (AvgIpc) is 2.63. The zero-order chi connectivity index (χ0) is 13.3. The lowest BCUT2D eigenvalue weighted by atomic mass is 9.81. The molecule has 98 valence electrons. The third-order valence-corrected chi connectivity index (χ3v) is 4.56. The first kappa shape index (κ1) is 14.2. The summed E-state index contributed by atoms with van der Waals surface area (Å²) < 4.78 is 26.5. The molecular formula is C11H21N3O2S. The number of rotatable bonds is 5. The highest BCUT2D eigenvalue weighted by Gasteiger charge is 2.26. The molecule has 1 aromatic heterocycles. The van der Waals surface area contributed by atoms with Crippen LogP contribution in [0.2, 0.25) is 0 Å². The quantitative estimate of drug-likeness (QED) is 0.844. The molecule has 0 aliphatic rings. The molecule has 0 spiro atoms. The van der Waals surface area contributed by atoms with Crippen LogP contribution in [0.4, 0.5) is 0 Å². The molecule has 0 saturated heterocycles. The first-order valence-electron chi connectivity index (χ1n) is 5.66. The van der Waals surface area contributed by atoms with Crippen molar-refractivity contribution in [2.45, 2.75) is 39.6 Å². The van der Waals surface area contributed by atoms with Crippen molar-refractivity contribution in [2.75, 3.05) is 6.54 Å². The van der Waals surface area contributed by atoms with E-state index in [1.54, 1.807) is 6.92 Å². The normalized spacial score (nSPS) is 13.3. The topological polar surface area (TPSA) is 74.8 Å². The second-order valence-electron chi connectivity index (χ2n) is 5.30. The third-order valence-electron chi connectivity index (χ3n) is 3.25. The highest BCUT2D eigenvalue weighted by atomic mass is 32.2. The Balaban J connectivity index is 2.76. The van der Waals surface area contributed by atoms with Crippen molar-refractivity contribution in [1.29, 1.82) is 0 Å². The Bertz CT molecular complexity index is 475.